The molecule has 1 aromatic carbocycles. The maximum atomic E-state index is 5.85. The van der Waals surface area contributed by atoms with Crippen LogP contribution in [-0.4, -0.2) is 30.3 Å². The highest BCUT2D eigenvalue weighted by molar-refractivity contribution is 7.80. The van der Waals surface area contributed by atoms with Crippen molar-refractivity contribution in [3.8, 4) is 0 Å². The van der Waals surface area contributed by atoms with Gasteiger partial charge in [-0.05, 0) is 31.4 Å². The first-order valence-electron chi connectivity index (χ1n) is 6.54. The SMILES string of the molecule is NC(=S)c1ccccc1N1CCOC2CCCC21. The summed E-state index contributed by atoms with van der Waals surface area (Å²) in [4.78, 5) is 2.92. The third kappa shape index (κ3) is 1.99. The van der Waals surface area contributed by atoms with Gasteiger partial charge < -0.3 is 15.4 Å². The molecule has 0 aromatic heterocycles. The first-order chi connectivity index (χ1) is 8.77. The maximum Gasteiger partial charge on any atom is 0.106 e. The fourth-order valence-corrected chi connectivity index (χ4v) is 3.33. The molecule has 0 amide bonds. The molecular formula is C14H18N2OS. The molecule has 3 nitrogen and oxygen atoms in total. The number of benzene rings is 1. The van der Waals surface area contributed by atoms with E-state index in [0.717, 1.165) is 18.7 Å². The third-order valence-electron chi connectivity index (χ3n) is 3.96. The molecule has 1 saturated heterocycles. The number of para-hydroxylation sites is 1. The number of ether oxygens (including phenoxy) is 1. The molecule has 2 atom stereocenters. The van der Waals surface area contributed by atoms with Crippen LogP contribution in [0.1, 0.15) is 24.8 Å². The van der Waals surface area contributed by atoms with Crippen LogP contribution in [0.25, 0.3) is 0 Å². The molecule has 2 N–H and O–H groups in total. The van der Waals surface area contributed by atoms with E-state index in [1.54, 1.807) is 0 Å². The quantitative estimate of drug-likeness (QED) is 0.828. The molecule has 3 rings (SSSR count). The van der Waals surface area contributed by atoms with Gasteiger partial charge in [0.05, 0.1) is 18.8 Å². The fourth-order valence-electron chi connectivity index (χ4n) is 3.16. The van der Waals surface area contributed by atoms with E-state index in [0.29, 0.717) is 17.1 Å². The summed E-state index contributed by atoms with van der Waals surface area (Å²) in [5, 5.41) is 0. The van der Waals surface area contributed by atoms with Crippen molar-refractivity contribution in [3.05, 3.63) is 29.8 Å². The number of hydrogen-bond donors (Lipinski definition) is 1. The van der Waals surface area contributed by atoms with Crippen LogP contribution in [0, 0.1) is 0 Å². The van der Waals surface area contributed by atoms with Crippen molar-refractivity contribution in [3.63, 3.8) is 0 Å². The highest BCUT2D eigenvalue weighted by Gasteiger charge is 2.36. The molecule has 1 aromatic rings. The van der Waals surface area contributed by atoms with Crippen LogP contribution in [-0.2, 0) is 4.74 Å². The summed E-state index contributed by atoms with van der Waals surface area (Å²) in [6, 6.07) is 8.67. The Labute approximate surface area is 113 Å². The number of thiocarbonyl (C=S) groups is 1. The highest BCUT2D eigenvalue weighted by atomic mass is 32.1. The molecule has 2 aliphatic rings. The minimum absolute atomic E-state index is 0.387. The van der Waals surface area contributed by atoms with E-state index in [-0.39, 0.29) is 0 Å². The lowest BCUT2D eigenvalue weighted by Crippen LogP contribution is -2.49. The van der Waals surface area contributed by atoms with Crippen molar-refractivity contribution >= 4 is 22.9 Å². The van der Waals surface area contributed by atoms with Crippen molar-refractivity contribution in [1.29, 1.82) is 0 Å². The van der Waals surface area contributed by atoms with Gasteiger partial charge >= 0.3 is 0 Å². The number of nitrogens with zero attached hydrogens (tertiary/aromatic N) is 1. The molecule has 0 bridgehead atoms. The highest BCUT2D eigenvalue weighted by Crippen LogP contribution is 2.34. The number of hydrogen-bond acceptors (Lipinski definition) is 3. The van der Waals surface area contributed by atoms with E-state index in [4.69, 9.17) is 22.7 Å². The van der Waals surface area contributed by atoms with E-state index in [9.17, 15) is 0 Å². The van der Waals surface area contributed by atoms with Crippen LogP contribution in [0.15, 0.2) is 24.3 Å². The monoisotopic (exact) mass is 262 g/mol. The second-order valence-corrected chi connectivity index (χ2v) is 5.42. The van der Waals surface area contributed by atoms with Crippen molar-refractivity contribution in [2.45, 2.75) is 31.4 Å². The second-order valence-electron chi connectivity index (χ2n) is 4.98. The Morgan fingerprint density at radius 1 is 1.33 bits per heavy atom. The Kier molecular flexibility index (Phi) is 3.22. The zero-order valence-corrected chi connectivity index (χ0v) is 11.2. The summed E-state index contributed by atoms with van der Waals surface area (Å²) in [6.45, 7) is 1.73. The molecule has 18 heavy (non-hydrogen) atoms. The third-order valence-corrected chi connectivity index (χ3v) is 4.18. The zero-order chi connectivity index (χ0) is 12.5. The van der Waals surface area contributed by atoms with Gasteiger partial charge in [0.15, 0.2) is 0 Å². The largest absolute Gasteiger partial charge is 0.389 e. The van der Waals surface area contributed by atoms with Crippen molar-refractivity contribution in [1.82, 2.24) is 0 Å². The molecule has 0 spiro atoms. The number of fused-ring (bicyclic) bond motifs is 1. The first kappa shape index (κ1) is 11.9. The molecule has 1 aliphatic heterocycles. The molecule has 1 saturated carbocycles. The summed E-state index contributed by atoms with van der Waals surface area (Å²) >= 11 is 5.16. The van der Waals surface area contributed by atoms with Gasteiger partial charge in [-0.15, -0.1) is 0 Å². The molecule has 2 fully saturated rings. The summed E-state index contributed by atoms with van der Waals surface area (Å²) in [7, 11) is 0. The lowest BCUT2D eigenvalue weighted by Gasteiger charge is -2.40. The van der Waals surface area contributed by atoms with Gasteiger partial charge in [0.1, 0.15) is 4.99 Å². The maximum absolute atomic E-state index is 5.85. The van der Waals surface area contributed by atoms with Gasteiger partial charge in [-0.1, -0.05) is 24.4 Å². The van der Waals surface area contributed by atoms with Gasteiger partial charge in [-0.2, -0.15) is 0 Å². The Morgan fingerprint density at radius 3 is 3.00 bits per heavy atom. The Hall–Kier alpha value is -1.13. The lowest BCUT2D eigenvalue weighted by molar-refractivity contribution is 0.0256. The zero-order valence-electron chi connectivity index (χ0n) is 10.3. The van der Waals surface area contributed by atoms with Gasteiger partial charge in [-0.25, -0.2) is 0 Å². The van der Waals surface area contributed by atoms with Crippen LogP contribution in [0.4, 0.5) is 5.69 Å². The van der Waals surface area contributed by atoms with Gasteiger partial charge in [0.25, 0.3) is 0 Å². The standard InChI is InChI=1S/C14H18N2OS/c15-14(18)10-4-1-2-5-11(10)16-8-9-17-13-7-3-6-12(13)16/h1-2,4-5,12-13H,3,6-9H2,(H2,15,18). The van der Waals surface area contributed by atoms with Crippen molar-refractivity contribution in [2.24, 2.45) is 5.73 Å². The molecule has 96 valence electrons. The average molecular weight is 262 g/mol. The predicted molar refractivity (Wildman–Crippen MR) is 77.1 cm³/mol. The number of nitrogens with two attached hydrogens (primary N) is 1. The topological polar surface area (TPSA) is 38.5 Å². The molecule has 0 radical (unpaired) electrons. The van der Waals surface area contributed by atoms with Gasteiger partial charge in [0, 0.05) is 17.8 Å². The average Bonchev–Trinajstić information content (AvgIpc) is 2.86. The molecule has 1 aliphatic carbocycles. The minimum Gasteiger partial charge on any atom is -0.389 e. The summed E-state index contributed by atoms with van der Waals surface area (Å²) < 4.78 is 5.85. The number of anilines is 1. The van der Waals surface area contributed by atoms with Gasteiger partial charge in [0.2, 0.25) is 0 Å². The summed E-state index contributed by atoms with van der Waals surface area (Å²) in [5.41, 5.74) is 7.99. The lowest BCUT2D eigenvalue weighted by atomic mass is 10.1. The van der Waals surface area contributed by atoms with E-state index in [2.05, 4.69) is 17.0 Å². The Morgan fingerprint density at radius 2 is 2.17 bits per heavy atom. The van der Waals surface area contributed by atoms with Crippen LogP contribution in [0.3, 0.4) is 0 Å². The van der Waals surface area contributed by atoms with Crippen LogP contribution in [0.2, 0.25) is 0 Å². The van der Waals surface area contributed by atoms with Crippen LogP contribution < -0.4 is 10.6 Å². The molecule has 2 unspecified atom stereocenters. The number of rotatable bonds is 2. The fraction of sp³-hybridized carbons (Fsp3) is 0.500. The van der Waals surface area contributed by atoms with E-state index >= 15 is 0 Å². The predicted octanol–water partition coefficient (Wildman–Crippen LogP) is 2.08. The Bertz CT molecular complexity index is 463. The summed E-state index contributed by atoms with van der Waals surface area (Å²) in [6.07, 6.45) is 4.02. The normalized spacial score (nSPS) is 27.0. The van der Waals surface area contributed by atoms with Crippen LogP contribution >= 0.6 is 12.2 Å². The van der Waals surface area contributed by atoms with Crippen LogP contribution in [0.5, 0.6) is 0 Å². The van der Waals surface area contributed by atoms with E-state index in [1.165, 1.54) is 24.9 Å². The molecule has 4 heteroatoms. The Balaban J connectivity index is 1.96. The van der Waals surface area contributed by atoms with Gasteiger partial charge in [-0.3, -0.25) is 0 Å². The van der Waals surface area contributed by atoms with Crippen molar-refractivity contribution in [2.75, 3.05) is 18.1 Å². The smallest absolute Gasteiger partial charge is 0.106 e. The van der Waals surface area contributed by atoms with E-state index < -0.39 is 0 Å². The van der Waals surface area contributed by atoms with E-state index in [1.807, 2.05) is 12.1 Å². The second kappa shape index (κ2) is 4.86. The summed E-state index contributed by atoms with van der Waals surface area (Å²) in [5.74, 6) is 0. The molecular weight excluding hydrogens is 244 g/mol. The minimum atomic E-state index is 0.387. The molecule has 1 heterocycles. The van der Waals surface area contributed by atoms with Crippen molar-refractivity contribution < 1.29 is 4.74 Å². The first-order valence-corrected chi connectivity index (χ1v) is 6.95. The number of morpholine rings is 1.